The van der Waals surface area contributed by atoms with E-state index in [1.54, 1.807) is 41.8 Å². The highest BCUT2D eigenvalue weighted by Gasteiger charge is 2.12. The van der Waals surface area contributed by atoms with Gasteiger partial charge in [0.1, 0.15) is 16.6 Å². The number of hydrogen-bond donors (Lipinski definition) is 1. The van der Waals surface area contributed by atoms with E-state index in [1.807, 2.05) is 0 Å². The fourth-order valence-corrected chi connectivity index (χ4v) is 3.22. The van der Waals surface area contributed by atoms with Crippen molar-refractivity contribution in [3.63, 3.8) is 0 Å². The molecule has 0 saturated heterocycles. The molecule has 144 valence electrons. The van der Waals surface area contributed by atoms with Crippen molar-refractivity contribution in [1.82, 2.24) is 4.98 Å². The van der Waals surface area contributed by atoms with Gasteiger partial charge in [-0.25, -0.2) is 9.78 Å². The number of nitrogens with one attached hydrogen (secondary N) is 1. The number of carbonyl (C=O) groups excluding carboxylic acids is 1. The van der Waals surface area contributed by atoms with Crippen LogP contribution in [0.2, 0.25) is 0 Å². The molecule has 0 aliphatic heterocycles. The van der Waals surface area contributed by atoms with Gasteiger partial charge < -0.3 is 10.1 Å². The first-order valence-electron chi connectivity index (χ1n) is 8.27. The molecule has 0 atom stereocenters. The lowest BCUT2D eigenvalue weighted by Crippen LogP contribution is -2.00. The minimum Gasteiger partial charge on any atom is -0.465 e. The van der Waals surface area contributed by atoms with Crippen molar-refractivity contribution >= 4 is 34.3 Å². The van der Waals surface area contributed by atoms with Gasteiger partial charge in [0.15, 0.2) is 0 Å². The standard InChI is InChI=1S/C20H14N4O4S/c1-28-20(25)13-5-7-16(8-6-13)22-11-15(10-21)19-23-18(12-29-19)14-3-2-4-17(9-14)24(26)27/h2-9,11-12,22H,1H3. The van der Waals surface area contributed by atoms with Crippen LogP contribution in [0.3, 0.4) is 0 Å². The van der Waals surface area contributed by atoms with E-state index in [0.29, 0.717) is 33.1 Å². The average Bonchev–Trinajstić information content (AvgIpc) is 3.24. The van der Waals surface area contributed by atoms with E-state index < -0.39 is 10.9 Å². The molecule has 9 heteroatoms. The van der Waals surface area contributed by atoms with Crippen LogP contribution in [0, 0.1) is 21.4 Å². The zero-order valence-electron chi connectivity index (χ0n) is 15.2. The molecule has 0 radical (unpaired) electrons. The summed E-state index contributed by atoms with van der Waals surface area (Å²) in [5, 5.41) is 25.6. The Kier molecular flexibility index (Phi) is 5.97. The smallest absolute Gasteiger partial charge is 0.337 e. The van der Waals surface area contributed by atoms with Gasteiger partial charge in [0.25, 0.3) is 5.69 Å². The second-order valence-corrected chi connectivity index (χ2v) is 6.59. The Morgan fingerprint density at radius 3 is 2.72 bits per heavy atom. The number of allylic oxidation sites excluding steroid dienone is 1. The molecule has 0 aliphatic carbocycles. The summed E-state index contributed by atoms with van der Waals surface area (Å²) in [5.74, 6) is -0.429. The zero-order valence-corrected chi connectivity index (χ0v) is 16.0. The van der Waals surface area contributed by atoms with Gasteiger partial charge in [-0.05, 0) is 24.3 Å². The second kappa shape index (κ2) is 8.77. The first-order chi connectivity index (χ1) is 14.0. The number of benzene rings is 2. The van der Waals surface area contributed by atoms with Crippen LogP contribution in [0.5, 0.6) is 0 Å². The van der Waals surface area contributed by atoms with E-state index in [4.69, 9.17) is 0 Å². The number of anilines is 1. The third kappa shape index (κ3) is 4.63. The number of methoxy groups -OCH3 is 1. The number of thiazole rings is 1. The molecule has 29 heavy (non-hydrogen) atoms. The highest BCUT2D eigenvalue weighted by Crippen LogP contribution is 2.28. The number of esters is 1. The molecule has 1 heterocycles. The van der Waals surface area contributed by atoms with Gasteiger partial charge in [0, 0.05) is 35.0 Å². The minimum absolute atomic E-state index is 0.0230. The van der Waals surface area contributed by atoms with Crippen LogP contribution in [-0.4, -0.2) is 23.0 Å². The van der Waals surface area contributed by atoms with E-state index in [2.05, 4.69) is 21.1 Å². The van der Waals surface area contributed by atoms with Crippen molar-refractivity contribution in [1.29, 1.82) is 5.26 Å². The number of nitro benzene ring substituents is 1. The molecule has 1 N–H and O–H groups in total. The highest BCUT2D eigenvalue weighted by molar-refractivity contribution is 7.11. The van der Waals surface area contributed by atoms with E-state index in [-0.39, 0.29) is 5.69 Å². The van der Waals surface area contributed by atoms with Crippen LogP contribution in [0.4, 0.5) is 11.4 Å². The number of nitrogens with zero attached hydrogens (tertiary/aromatic N) is 3. The predicted molar refractivity (Wildman–Crippen MR) is 109 cm³/mol. The van der Waals surface area contributed by atoms with Gasteiger partial charge in [-0.15, -0.1) is 11.3 Å². The summed E-state index contributed by atoms with van der Waals surface area (Å²) in [4.78, 5) is 26.4. The van der Waals surface area contributed by atoms with E-state index in [0.717, 1.165) is 0 Å². The summed E-state index contributed by atoms with van der Waals surface area (Å²) in [6.07, 6.45) is 1.52. The molecule has 3 rings (SSSR count). The summed E-state index contributed by atoms with van der Waals surface area (Å²) in [6.45, 7) is 0. The Balaban J connectivity index is 1.79. The Morgan fingerprint density at radius 1 is 1.31 bits per heavy atom. The molecule has 0 aliphatic rings. The highest BCUT2D eigenvalue weighted by atomic mass is 32.1. The topological polar surface area (TPSA) is 118 Å². The Labute approximate surface area is 169 Å². The summed E-state index contributed by atoms with van der Waals surface area (Å²) in [7, 11) is 1.31. The largest absolute Gasteiger partial charge is 0.465 e. The van der Waals surface area contributed by atoms with Crippen molar-refractivity contribution in [3.8, 4) is 17.3 Å². The number of non-ortho nitro benzene ring substituents is 1. The molecule has 0 unspecified atom stereocenters. The summed E-state index contributed by atoms with van der Waals surface area (Å²) < 4.78 is 4.65. The summed E-state index contributed by atoms with van der Waals surface area (Å²) in [6, 6.07) is 14.8. The average molecular weight is 406 g/mol. The van der Waals surface area contributed by atoms with Crippen LogP contribution in [0.1, 0.15) is 15.4 Å². The van der Waals surface area contributed by atoms with Gasteiger partial charge in [-0.3, -0.25) is 10.1 Å². The fourth-order valence-electron chi connectivity index (χ4n) is 2.43. The number of carbonyl (C=O) groups is 1. The van der Waals surface area contributed by atoms with Gasteiger partial charge >= 0.3 is 5.97 Å². The third-order valence-electron chi connectivity index (χ3n) is 3.90. The number of ether oxygens (including phenoxy) is 1. The van der Waals surface area contributed by atoms with E-state index >= 15 is 0 Å². The SMILES string of the molecule is COC(=O)c1ccc(NC=C(C#N)c2nc(-c3cccc([N+](=O)[O-])c3)cs2)cc1. The van der Waals surface area contributed by atoms with Gasteiger partial charge in [0.05, 0.1) is 23.3 Å². The number of hydrogen-bond acceptors (Lipinski definition) is 8. The van der Waals surface area contributed by atoms with Gasteiger partial charge in [0.2, 0.25) is 0 Å². The molecule has 0 saturated carbocycles. The maximum Gasteiger partial charge on any atom is 0.337 e. The molecular formula is C20H14N4O4S. The van der Waals surface area contributed by atoms with Crippen LogP contribution in [0.25, 0.3) is 16.8 Å². The lowest BCUT2D eigenvalue weighted by Gasteiger charge is -2.03. The molecule has 0 amide bonds. The second-order valence-electron chi connectivity index (χ2n) is 5.73. The summed E-state index contributed by atoms with van der Waals surface area (Å²) >= 11 is 1.26. The normalized spacial score (nSPS) is 10.8. The van der Waals surface area contributed by atoms with Crippen molar-refractivity contribution in [3.05, 3.63) is 80.8 Å². The third-order valence-corrected chi connectivity index (χ3v) is 4.77. The van der Waals surface area contributed by atoms with Gasteiger partial charge in [-0.2, -0.15) is 5.26 Å². The van der Waals surface area contributed by atoms with Crippen LogP contribution in [-0.2, 0) is 4.74 Å². The van der Waals surface area contributed by atoms with E-state index in [9.17, 15) is 20.2 Å². The molecule has 1 aromatic heterocycles. The molecule has 0 fully saturated rings. The molecule has 3 aromatic rings. The maximum absolute atomic E-state index is 11.5. The molecule has 2 aromatic carbocycles. The number of nitriles is 1. The predicted octanol–water partition coefficient (Wildman–Crippen LogP) is 4.48. The Morgan fingerprint density at radius 2 is 2.07 bits per heavy atom. The monoisotopic (exact) mass is 406 g/mol. The first-order valence-corrected chi connectivity index (χ1v) is 9.15. The van der Waals surface area contributed by atoms with Crippen molar-refractivity contribution in [2.24, 2.45) is 0 Å². The molecule has 0 bridgehead atoms. The molecule has 8 nitrogen and oxygen atoms in total. The zero-order chi connectivity index (χ0) is 20.8. The minimum atomic E-state index is -0.465. The fraction of sp³-hybridized carbons (Fsp3) is 0.0500. The van der Waals surface area contributed by atoms with Gasteiger partial charge in [-0.1, -0.05) is 12.1 Å². The van der Waals surface area contributed by atoms with E-state index in [1.165, 1.54) is 36.8 Å². The number of rotatable bonds is 6. The lowest BCUT2D eigenvalue weighted by molar-refractivity contribution is -0.384. The number of nitro groups is 1. The van der Waals surface area contributed by atoms with Crippen LogP contribution in [0.15, 0.2) is 60.1 Å². The van der Waals surface area contributed by atoms with Crippen molar-refractivity contribution in [2.45, 2.75) is 0 Å². The Bertz CT molecular complexity index is 1130. The Hall–Kier alpha value is -4.03. The molecular weight excluding hydrogens is 392 g/mol. The quantitative estimate of drug-likeness (QED) is 0.277. The molecule has 0 spiro atoms. The van der Waals surface area contributed by atoms with Crippen LogP contribution < -0.4 is 5.32 Å². The number of aromatic nitrogens is 1. The first kappa shape index (κ1) is 19.7. The summed E-state index contributed by atoms with van der Waals surface area (Å²) in [5.41, 5.74) is 2.54. The van der Waals surface area contributed by atoms with Crippen LogP contribution >= 0.6 is 11.3 Å². The van der Waals surface area contributed by atoms with Crippen molar-refractivity contribution < 1.29 is 14.5 Å². The lowest BCUT2D eigenvalue weighted by atomic mass is 10.1. The maximum atomic E-state index is 11.5. The van der Waals surface area contributed by atoms with Crippen molar-refractivity contribution in [2.75, 3.05) is 12.4 Å².